The van der Waals surface area contributed by atoms with Crippen LogP contribution in [0.15, 0.2) is 29.3 Å². The van der Waals surface area contributed by atoms with Gasteiger partial charge in [-0.25, -0.2) is 8.42 Å². The Bertz CT molecular complexity index is 804. The lowest BCUT2D eigenvalue weighted by Gasteiger charge is -2.18. The molecule has 1 saturated heterocycles. The van der Waals surface area contributed by atoms with Gasteiger partial charge < -0.3 is 15.5 Å². The van der Waals surface area contributed by atoms with E-state index in [0.29, 0.717) is 12.1 Å². The molecular weight excluding hydrogens is 384 g/mol. The number of hydrogen-bond acceptors (Lipinski definition) is 7. The van der Waals surface area contributed by atoms with Crippen LogP contribution in [0.1, 0.15) is 24.2 Å². The van der Waals surface area contributed by atoms with Gasteiger partial charge in [-0.15, -0.1) is 0 Å². The number of carbonyl (C=O) groups is 1. The molecule has 2 N–H and O–H groups in total. The molecule has 0 aliphatic carbocycles. The second-order valence-electron chi connectivity index (χ2n) is 6.72. The number of amidine groups is 1. The Morgan fingerprint density at radius 3 is 2.56 bits per heavy atom. The van der Waals surface area contributed by atoms with Crippen LogP contribution in [0.4, 0.5) is 5.69 Å². The minimum atomic E-state index is -2.94. The summed E-state index contributed by atoms with van der Waals surface area (Å²) in [5.41, 5.74) is 1.45. The number of rotatable bonds is 7. The van der Waals surface area contributed by atoms with Crippen LogP contribution in [-0.2, 0) is 9.84 Å². The molecule has 0 radical (unpaired) electrons. The zero-order valence-electron chi connectivity index (χ0n) is 15.6. The Morgan fingerprint density at radius 2 is 1.93 bits per heavy atom. The van der Waals surface area contributed by atoms with Gasteiger partial charge in [-0.2, -0.15) is 0 Å². The Labute approximate surface area is 164 Å². The maximum absolute atomic E-state index is 12.2. The van der Waals surface area contributed by atoms with E-state index < -0.39 is 9.84 Å². The standard InChI is InChI=1S/C18H26N4O3S2/c1-3-22(4-2)10-9-19-17(23)13-5-7-14(8-6-13)20-18-21-15-11-27(24,25)12-16(15)26-18/h5-8,15-16H,3-4,9-12H2,1-2H3,(H,19,23)(H,20,21)/t15-,16+/m0/s1. The molecule has 1 amide bonds. The number of likely N-dealkylation sites (N-methyl/N-ethyl adjacent to an activating group) is 1. The first-order valence-corrected chi connectivity index (χ1v) is 11.9. The number of sulfone groups is 1. The lowest BCUT2D eigenvalue weighted by molar-refractivity contribution is 0.0949. The van der Waals surface area contributed by atoms with Gasteiger partial charge in [-0.3, -0.25) is 9.79 Å². The van der Waals surface area contributed by atoms with E-state index >= 15 is 0 Å². The van der Waals surface area contributed by atoms with Crippen LogP contribution >= 0.6 is 11.8 Å². The number of fused-ring (bicyclic) bond motifs is 1. The van der Waals surface area contributed by atoms with Gasteiger partial charge in [0.2, 0.25) is 0 Å². The van der Waals surface area contributed by atoms with E-state index in [1.165, 1.54) is 11.8 Å². The van der Waals surface area contributed by atoms with E-state index in [4.69, 9.17) is 0 Å². The highest BCUT2D eigenvalue weighted by Gasteiger charge is 2.42. The molecule has 9 heteroatoms. The summed E-state index contributed by atoms with van der Waals surface area (Å²) in [5, 5.41) is 6.92. The Hall–Kier alpha value is -1.58. The molecule has 1 aromatic rings. The summed E-state index contributed by atoms with van der Waals surface area (Å²) in [4.78, 5) is 19.0. The summed E-state index contributed by atoms with van der Waals surface area (Å²) in [7, 11) is -2.94. The van der Waals surface area contributed by atoms with Crippen LogP contribution in [0.25, 0.3) is 0 Å². The molecule has 0 saturated carbocycles. The lowest BCUT2D eigenvalue weighted by atomic mass is 10.2. The fourth-order valence-corrected chi connectivity index (χ4v) is 6.89. The summed E-state index contributed by atoms with van der Waals surface area (Å²) in [6.07, 6.45) is 0. The van der Waals surface area contributed by atoms with Crippen molar-refractivity contribution in [1.29, 1.82) is 0 Å². The minimum Gasteiger partial charge on any atom is -0.351 e. The zero-order chi connectivity index (χ0) is 19.4. The summed E-state index contributed by atoms with van der Waals surface area (Å²) in [6.45, 7) is 7.63. The van der Waals surface area contributed by atoms with Crippen molar-refractivity contribution in [3.05, 3.63) is 29.8 Å². The van der Waals surface area contributed by atoms with Crippen LogP contribution < -0.4 is 10.6 Å². The van der Waals surface area contributed by atoms with Gasteiger partial charge >= 0.3 is 0 Å². The predicted octanol–water partition coefficient (Wildman–Crippen LogP) is 1.44. The molecule has 7 nitrogen and oxygen atoms in total. The van der Waals surface area contributed by atoms with Crippen molar-refractivity contribution < 1.29 is 13.2 Å². The number of carbonyl (C=O) groups excluding carboxylic acids is 1. The summed E-state index contributed by atoms with van der Waals surface area (Å²) in [5.74, 6) is 0.257. The fourth-order valence-electron chi connectivity index (χ4n) is 3.21. The number of aliphatic imine (C=N–C) groups is 1. The van der Waals surface area contributed by atoms with Crippen molar-refractivity contribution >= 4 is 38.4 Å². The van der Waals surface area contributed by atoms with Crippen molar-refractivity contribution in [3.63, 3.8) is 0 Å². The first-order valence-electron chi connectivity index (χ1n) is 9.22. The van der Waals surface area contributed by atoms with Gasteiger partial charge in [0.1, 0.15) is 0 Å². The van der Waals surface area contributed by atoms with E-state index in [-0.39, 0.29) is 28.7 Å². The predicted molar refractivity (Wildman–Crippen MR) is 111 cm³/mol. The van der Waals surface area contributed by atoms with Crippen molar-refractivity contribution in [2.24, 2.45) is 4.99 Å². The molecule has 1 aromatic carbocycles. The third-order valence-corrected chi connectivity index (χ3v) is 7.97. The average Bonchev–Trinajstić information content (AvgIpc) is 3.11. The van der Waals surface area contributed by atoms with Crippen LogP contribution in [0.3, 0.4) is 0 Å². The molecule has 0 aromatic heterocycles. The molecule has 0 bridgehead atoms. The van der Waals surface area contributed by atoms with E-state index in [1.54, 1.807) is 12.1 Å². The first-order chi connectivity index (χ1) is 12.9. The molecule has 0 unspecified atom stereocenters. The number of nitrogens with one attached hydrogen (secondary N) is 2. The van der Waals surface area contributed by atoms with Gasteiger partial charge in [0.25, 0.3) is 5.91 Å². The van der Waals surface area contributed by atoms with E-state index in [9.17, 15) is 13.2 Å². The van der Waals surface area contributed by atoms with Crippen LogP contribution in [0, 0.1) is 0 Å². The minimum absolute atomic E-state index is 0.0216. The molecule has 2 atom stereocenters. The van der Waals surface area contributed by atoms with Crippen molar-refractivity contribution in [3.8, 4) is 0 Å². The lowest BCUT2D eigenvalue weighted by Crippen LogP contribution is -2.34. The Kier molecular flexibility index (Phi) is 6.44. The van der Waals surface area contributed by atoms with Crippen LogP contribution in [0.5, 0.6) is 0 Å². The van der Waals surface area contributed by atoms with Gasteiger partial charge in [0, 0.05) is 29.6 Å². The second-order valence-corrected chi connectivity index (χ2v) is 10.1. The van der Waals surface area contributed by atoms with Gasteiger partial charge in [0.15, 0.2) is 15.0 Å². The maximum atomic E-state index is 12.2. The van der Waals surface area contributed by atoms with Crippen molar-refractivity contribution in [2.75, 3.05) is 43.0 Å². The van der Waals surface area contributed by atoms with Crippen molar-refractivity contribution in [1.82, 2.24) is 10.2 Å². The molecule has 3 rings (SSSR count). The first kappa shape index (κ1) is 20.2. The quantitative estimate of drug-likeness (QED) is 0.707. The average molecular weight is 411 g/mol. The number of hydrogen-bond donors (Lipinski definition) is 2. The number of nitrogens with zero attached hydrogens (tertiary/aromatic N) is 2. The number of amides is 1. The number of anilines is 1. The van der Waals surface area contributed by atoms with Gasteiger partial charge in [-0.05, 0) is 37.4 Å². The third kappa shape index (κ3) is 5.24. The molecule has 2 aliphatic heterocycles. The monoisotopic (exact) mass is 410 g/mol. The molecular formula is C18H26N4O3S2. The zero-order valence-corrected chi connectivity index (χ0v) is 17.3. The molecule has 0 spiro atoms. The molecule has 2 heterocycles. The van der Waals surface area contributed by atoms with Crippen LogP contribution in [0.2, 0.25) is 0 Å². The second kappa shape index (κ2) is 8.62. The van der Waals surface area contributed by atoms with Crippen LogP contribution in [-0.4, -0.2) is 73.4 Å². The van der Waals surface area contributed by atoms with Crippen molar-refractivity contribution in [2.45, 2.75) is 25.1 Å². The fraction of sp³-hybridized carbons (Fsp3) is 0.556. The van der Waals surface area contributed by atoms with E-state index in [0.717, 1.165) is 30.5 Å². The highest BCUT2D eigenvalue weighted by atomic mass is 32.2. The maximum Gasteiger partial charge on any atom is 0.251 e. The van der Waals surface area contributed by atoms with E-state index in [2.05, 4.69) is 34.4 Å². The topological polar surface area (TPSA) is 90.9 Å². The molecule has 27 heavy (non-hydrogen) atoms. The largest absolute Gasteiger partial charge is 0.351 e. The smallest absolute Gasteiger partial charge is 0.251 e. The van der Waals surface area contributed by atoms with E-state index in [1.807, 2.05) is 12.1 Å². The number of thioether (sulfide) groups is 1. The number of benzene rings is 1. The molecule has 148 valence electrons. The molecule has 1 fully saturated rings. The summed E-state index contributed by atoms with van der Waals surface area (Å²) < 4.78 is 23.2. The highest BCUT2D eigenvalue weighted by molar-refractivity contribution is 8.15. The SMILES string of the molecule is CCN(CC)CCNC(=O)c1ccc(NC2=N[C@H]3CS(=O)(=O)C[C@H]3S2)cc1. The Balaban J connectivity index is 1.50. The summed E-state index contributed by atoms with van der Waals surface area (Å²) >= 11 is 1.48. The van der Waals surface area contributed by atoms with Gasteiger partial charge in [-0.1, -0.05) is 25.6 Å². The van der Waals surface area contributed by atoms with Gasteiger partial charge in [0.05, 0.1) is 17.5 Å². The molecule has 2 aliphatic rings. The normalized spacial score (nSPS) is 23.1. The third-order valence-electron chi connectivity index (χ3n) is 4.82. The highest BCUT2D eigenvalue weighted by Crippen LogP contribution is 2.34. The Morgan fingerprint density at radius 1 is 1.22 bits per heavy atom. The summed E-state index contributed by atoms with van der Waals surface area (Å²) in [6, 6.07) is 7.10.